The Morgan fingerprint density at radius 1 is 1.75 bits per heavy atom. The van der Waals surface area contributed by atoms with Gasteiger partial charge in [-0.1, -0.05) is 15.9 Å². The van der Waals surface area contributed by atoms with Crippen LogP contribution in [0.2, 0.25) is 0 Å². The molecule has 4 heteroatoms. The SMILES string of the molecule is CC1(C(=O)NCCBr)CCCS1. The molecule has 12 heavy (non-hydrogen) atoms. The van der Waals surface area contributed by atoms with Crippen LogP contribution < -0.4 is 5.32 Å². The molecule has 2 nitrogen and oxygen atoms in total. The van der Waals surface area contributed by atoms with Crippen molar-refractivity contribution in [1.29, 1.82) is 0 Å². The molecule has 1 N–H and O–H groups in total. The predicted octanol–water partition coefficient (Wildman–Crippen LogP) is 1.78. The monoisotopic (exact) mass is 251 g/mol. The number of alkyl halides is 1. The molecule has 0 aromatic rings. The molecule has 0 radical (unpaired) electrons. The first-order valence-corrected chi connectivity index (χ1v) is 6.28. The van der Waals surface area contributed by atoms with Gasteiger partial charge in [-0.3, -0.25) is 4.79 Å². The molecule has 0 saturated carbocycles. The topological polar surface area (TPSA) is 29.1 Å². The molecule has 70 valence electrons. The van der Waals surface area contributed by atoms with Crippen LogP contribution in [0.15, 0.2) is 0 Å². The van der Waals surface area contributed by atoms with Gasteiger partial charge in [0.05, 0.1) is 4.75 Å². The van der Waals surface area contributed by atoms with Crippen molar-refractivity contribution in [2.24, 2.45) is 0 Å². The van der Waals surface area contributed by atoms with Crippen molar-refractivity contribution < 1.29 is 4.79 Å². The van der Waals surface area contributed by atoms with Crippen molar-refractivity contribution in [3.8, 4) is 0 Å². The zero-order valence-electron chi connectivity index (χ0n) is 7.23. The smallest absolute Gasteiger partial charge is 0.235 e. The standard InChI is InChI=1S/C8H14BrNOS/c1-8(3-2-6-12-8)7(11)10-5-4-9/h2-6H2,1H3,(H,10,11). The molecule has 1 heterocycles. The second-order valence-electron chi connectivity index (χ2n) is 3.13. The lowest BCUT2D eigenvalue weighted by atomic mass is 10.1. The van der Waals surface area contributed by atoms with Crippen LogP contribution in [-0.2, 0) is 4.79 Å². The van der Waals surface area contributed by atoms with Gasteiger partial charge in [0, 0.05) is 11.9 Å². The van der Waals surface area contributed by atoms with E-state index in [0.29, 0.717) is 0 Å². The van der Waals surface area contributed by atoms with Gasteiger partial charge in [-0.05, 0) is 25.5 Å². The highest BCUT2D eigenvalue weighted by Gasteiger charge is 2.36. The number of carbonyl (C=O) groups excluding carboxylic acids is 1. The fourth-order valence-corrected chi connectivity index (χ4v) is 2.74. The van der Waals surface area contributed by atoms with Crippen molar-refractivity contribution in [2.75, 3.05) is 17.6 Å². The number of carbonyl (C=O) groups is 1. The lowest BCUT2D eigenvalue weighted by Gasteiger charge is -2.20. The van der Waals surface area contributed by atoms with Gasteiger partial charge in [0.25, 0.3) is 0 Å². The second kappa shape index (κ2) is 4.51. The van der Waals surface area contributed by atoms with Gasteiger partial charge in [-0.2, -0.15) is 0 Å². The highest BCUT2D eigenvalue weighted by Crippen LogP contribution is 2.37. The minimum Gasteiger partial charge on any atom is -0.354 e. The van der Waals surface area contributed by atoms with E-state index in [1.807, 2.05) is 6.92 Å². The van der Waals surface area contributed by atoms with Crippen LogP contribution in [-0.4, -0.2) is 28.3 Å². The van der Waals surface area contributed by atoms with Gasteiger partial charge in [0.2, 0.25) is 5.91 Å². The number of rotatable bonds is 3. The summed E-state index contributed by atoms with van der Waals surface area (Å²) in [6, 6.07) is 0. The summed E-state index contributed by atoms with van der Waals surface area (Å²) in [5.41, 5.74) is 0. The van der Waals surface area contributed by atoms with Gasteiger partial charge in [-0.25, -0.2) is 0 Å². The third-order valence-corrected chi connectivity index (χ3v) is 4.00. The van der Waals surface area contributed by atoms with Gasteiger partial charge in [0.15, 0.2) is 0 Å². The normalized spacial score (nSPS) is 28.8. The molecule has 1 unspecified atom stereocenters. The Morgan fingerprint density at radius 3 is 3.00 bits per heavy atom. The Hall–Kier alpha value is 0.300. The maximum absolute atomic E-state index is 11.6. The fraction of sp³-hybridized carbons (Fsp3) is 0.875. The van der Waals surface area contributed by atoms with E-state index in [1.54, 1.807) is 11.8 Å². The Morgan fingerprint density at radius 2 is 2.50 bits per heavy atom. The largest absolute Gasteiger partial charge is 0.354 e. The van der Waals surface area contributed by atoms with E-state index in [-0.39, 0.29) is 10.7 Å². The first-order valence-electron chi connectivity index (χ1n) is 4.17. The van der Waals surface area contributed by atoms with Crippen molar-refractivity contribution in [3.05, 3.63) is 0 Å². The van der Waals surface area contributed by atoms with E-state index in [2.05, 4.69) is 21.2 Å². The number of hydrogen-bond acceptors (Lipinski definition) is 2. The van der Waals surface area contributed by atoms with Crippen LogP contribution in [0.25, 0.3) is 0 Å². The number of amides is 1. The summed E-state index contributed by atoms with van der Waals surface area (Å²) in [6.45, 7) is 2.77. The average Bonchev–Trinajstić information content (AvgIpc) is 2.49. The van der Waals surface area contributed by atoms with Crippen LogP contribution in [0, 0.1) is 0 Å². The molecular formula is C8H14BrNOS. The Balaban J connectivity index is 2.39. The minimum atomic E-state index is -0.151. The van der Waals surface area contributed by atoms with E-state index in [0.717, 1.165) is 24.0 Å². The summed E-state index contributed by atoms with van der Waals surface area (Å²) in [5, 5.41) is 3.74. The first kappa shape index (κ1) is 10.4. The summed E-state index contributed by atoms with van der Waals surface area (Å²) in [7, 11) is 0. The molecule has 1 aliphatic heterocycles. The second-order valence-corrected chi connectivity index (χ2v) is 5.52. The number of hydrogen-bond donors (Lipinski definition) is 1. The van der Waals surface area contributed by atoms with Gasteiger partial charge in [0.1, 0.15) is 0 Å². The quantitative estimate of drug-likeness (QED) is 0.776. The van der Waals surface area contributed by atoms with Crippen molar-refractivity contribution in [1.82, 2.24) is 5.32 Å². The third kappa shape index (κ3) is 2.39. The Kier molecular flexibility index (Phi) is 3.90. The lowest BCUT2D eigenvalue weighted by Crippen LogP contribution is -2.41. The zero-order valence-corrected chi connectivity index (χ0v) is 9.63. The van der Waals surface area contributed by atoms with E-state index >= 15 is 0 Å². The molecule has 1 amide bonds. The maximum Gasteiger partial charge on any atom is 0.235 e. The summed E-state index contributed by atoms with van der Waals surface area (Å²) in [6.07, 6.45) is 2.19. The van der Waals surface area contributed by atoms with E-state index < -0.39 is 0 Å². The summed E-state index contributed by atoms with van der Waals surface area (Å²) in [4.78, 5) is 11.6. The molecule has 1 atom stereocenters. The van der Waals surface area contributed by atoms with E-state index in [1.165, 1.54) is 6.42 Å². The van der Waals surface area contributed by atoms with Crippen LogP contribution in [0.4, 0.5) is 0 Å². The molecule has 0 bridgehead atoms. The molecule has 0 aliphatic carbocycles. The first-order chi connectivity index (χ1) is 5.69. The highest BCUT2D eigenvalue weighted by atomic mass is 79.9. The van der Waals surface area contributed by atoms with E-state index in [9.17, 15) is 4.79 Å². The third-order valence-electron chi connectivity index (χ3n) is 2.08. The van der Waals surface area contributed by atoms with Crippen LogP contribution in [0.5, 0.6) is 0 Å². The molecule has 1 aliphatic rings. The molecule has 1 fully saturated rings. The number of halogens is 1. The van der Waals surface area contributed by atoms with Crippen molar-refractivity contribution >= 4 is 33.6 Å². The van der Waals surface area contributed by atoms with Gasteiger partial charge < -0.3 is 5.32 Å². The molecule has 1 rings (SSSR count). The number of thioether (sulfide) groups is 1. The van der Waals surface area contributed by atoms with Gasteiger partial charge >= 0.3 is 0 Å². The molecular weight excluding hydrogens is 238 g/mol. The lowest BCUT2D eigenvalue weighted by molar-refractivity contribution is -0.122. The molecule has 0 aromatic carbocycles. The number of nitrogens with one attached hydrogen (secondary N) is 1. The van der Waals surface area contributed by atoms with Crippen molar-refractivity contribution in [2.45, 2.75) is 24.5 Å². The van der Waals surface area contributed by atoms with Crippen LogP contribution in [0.3, 0.4) is 0 Å². The molecule has 0 spiro atoms. The van der Waals surface area contributed by atoms with Crippen LogP contribution >= 0.6 is 27.7 Å². The highest BCUT2D eigenvalue weighted by molar-refractivity contribution is 9.09. The molecule has 1 saturated heterocycles. The minimum absolute atomic E-state index is 0.151. The summed E-state index contributed by atoms with van der Waals surface area (Å²) >= 11 is 5.06. The predicted molar refractivity (Wildman–Crippen MR) is 56.9 cm³/mol. The van der Waals surface area contributed by atoms with Crippen molar-refractivity contribution in [3.63, 3.8) is 0 Å². The van der Waals surface area contributed by atoms with Crippen LogP contribution in [0.1, 0.15) is 19.8 Å². The summed E-state index contributed by atoms with van der Waals surface area (Å²) in [5.74, 6) is 1.32. The summed E-state index contributed by atoms with van der Waals surface area (Å²) < 4.78 is -0.151. The fourth-order valence-electron chi connectivity index (χ4n) is 1.31. The maximum atomic E-state index is 11.6. The Bertz CT molecular complexity index is 168. The Labute approximate surface area is 86.0 Å². The zero-order chi connectivity index (χ0) is 9.03. The van der Waals surface area contributed by atoms with Gasteiger partial charge in [-0.15, -0.1) is 11.8 Å². The average molecular weight is 252 g/mol. The molecule has 0 aromatic heterocycles. The van der Waals surface area contributed by atoms with E-state index in [4.69, 9.17) is 0 Å².